The van der Waals surface area contributed by atoms with Crippen molar-refractivity contribution in [1.29, 1.82) is 0 Å². The highest BCUT2D eigenvalue weighted by Crippen LogP contribution is 2.18. The summed E-state index contributed by atoms with van der Waals surface area (Å²) in [6.07, 6.45) is 10.8. The van der Waals surface area contributed by atoms with Crippen LogP contribution in [0, 0.1) is 0 Å². The van der Waals surface area contributed by atoms with Crippen molar-refractivity contribution >= 4 is 11.9 Å². The number of hydrogen-bond donors (Lipinski definition) is 2. The van der Waals surface area contributed by atoms with E-state index in [1.807, 2.05) is 0 Å². The van der Waals surface area contributed by atoms with Crippen LogP contribution in [0.15, 0.2) is 12.4 Å². The smallest absolute Gasteiger partial charge is 0.338 e. The first kappa shape index (κ1) is 15.5. The van der Waals surface area contributed by atoms with Gasteiger partial charge in [0.25, 0.3) is 0 Å². The molecule has 0 bridgehead atoms. The van der Waals surface area contributed by atoms with Crippen LogP contribution in [0.4, 0.5) is 0 Å². The van der Waals surface area contributed by atoms with Crippen molar-refractivity contribution < 1.29 is 14.7 Å². The third-order valence-electron chi connectivity index (χ3n) is 4.08. The average molecular weight is 293 g/mol. The van der Waals surface area contributed by atoms with E-state index in [0.717, 1.165) is 25.7 Å². The summed E-state index contributed by atoms with van der Waals surface area (Å²) in [6.45, 7) is 1.73. The van der Waals surface area contributed by atoms with Gasteiger partial charge in [0, 0.05) is 12.2 Å². The molecule has 0 spiro atoms. The molecule has 21 heavy (non-hydrogen) atoms. The van der Waals surface area contributed by atoms with Gasteiger partial charge in [0.15, 0.2) is 0 Å². The van der Waals surface area contributed by atoms with E-state index in [1.165, 1.54) is 36.3 Å². The molecule has 0 radical (unpaired) electrons. The summed E-state index contributed by atoms with van der Waals surface area (Å²) in [5.41, 5.74) is 0.0978. The van der Waals surface area contributed by atoms with Crippen molar-refractivity contribution in [1.82, 2.24) is 15.1 Å². The molecule has 1 fully saturated rings. The topological polar surface area (TPSA) is 84.2 Å². The summed E-state index contributed by atoms with van der Waals surface area (Å²) < 4.78 is 1.40. The number of carbonyl (C=O) groups excluding carboxylic acids is 1. The Balaban J connectivity index is 1.92. The Morgan fingerprint density at radius 2 is 1.90 bits per heavy atom. The van der Waals surface area contributed by atoms with Crippen LogP contribution in [0.1, 0.15) is 68.3 Å². The maximum atomic E-state index is 12.3. The fourth-order valence-electron chi connectivity index (χ4n) is 2.70. The quantitative estimate of drug-likeness (QED) is 0.892. The van der Waals surface area contributed by atoms with Crippen LogP contribution in [-0.4, -0.2) is 32.8 Å². The molecule has 1 saturated carbocycles. The SMILES string of the molecule is CC(C(=O)NC1CCCCCCC1)n1cc(C(=O)O)cn1. The molecular formula is C15H23N3O3. The fourth-order valence-corrected chi connectivity index (χ4v) is 2.70. The Morgan fingerprint density at radius 1 is 1.29 bits per heavy atom. The molecule has 1 atom stereocenters. The van der Waals surface area contributed by atoms with Gasteiger partial charge in [-0.2, -0.15) is 5.10 Å². The van der Waals surface area contributed by atoms with Crippen molar-refractivity contribution in [2.45, 2.75) is 64.0 Å². The molecule has 116 valence electrons. The lowest BCUT2D eigenvalue weighted by atomic mass is 9.96. The van der Waals surface area contributed by atoms with Crippen molar-refractivity contribution in [2.24, 2.45) is 0 Å². The minimum absolute atomic E-state index is 0.0967. The summed E-state index contributed by atoms with van der Waals surface area (Å²) in [6, 6.07) is -0.265. The van der Waals surface area contributed by atoms with Crippen molar-refractivity contribution in [3.8, 4) is 0 Å². The van der Waals surface area contributed by atoms with Gasteiger partial charge in [-0.1, -0.05) is 32.1 Å². The lowest BCUT2D eigenvalue weighted by Gasteiger charge is -2.23. The Kier molecular flexibility index (Phi) is 5.36. The second kappa shape index (κ2) is 7.24. The molecule has 6 nitrogen and oxygen atoms in total. The van der Waals surface area contributed by atoms with Gasteiger partial charge in [0.1, 0.15) is 6.04 Å². The van der Waals surface area contributed by atoms with E-state index >= 15 is 0 Å². The highest BCUT2D eigenvalue weighted by Gasteiger charge is 2.21. The van der Waals surface area contributed by atoms with E-state index in [2.05, 4.69) is 10.4 Å². The zero-order valence-electron chi connectivity index (χ0n) is 12.4. The summed E-state index contributed by atoms with van der Waals surface area (Å²) in [7, 11) is 0. The molecule has 1 aliphatic rings. The normalized spacial score (nSPS) is 18.5. The van der Waals surface area contributed by atoms with Gasteiger partial charge in [-0.05, 0) is 19.8 Å². The number of carboxylic acids is 1. The van der Waals surface area contributed by atoms with E-state index in [0.29, 0.717) is 0 Å². The number of carbonyl (C=O) groups is 2. The Hall–Kier alpha value is -1.85. The molecule has 2 N–H and O–H groups in total. The van der Waals surface area contributed by atoms with E-state index in [-0.39, 0.29) is 17.5 Å². The van der Waals surface area contributed by atoms with E-state index < -0.39 is 12.0 Å². The molecule has 1 heterocycles. The molecule has 0 aliphatic heterocycles. The van der Waals surface area contributed by atoms with E-state index in [9.17, 15) is 9.59 Å². The van der Waals surface area contributed by atoms with Crippen LogP contribution >= 0.6 is 0 Å². The van der Waals surface area contributed by atoms with E-state index in [1.54, 1.807) is 6.92 Å². The standard InChI is InChI=1S/C15H23N3O3/c1-11(18-10-12(9-16-18)15(20)21)14(19)17-13-7-5-3-2-4-6-8-13/h9-11,13H,2-8H2,1H3,(H,17,19)(H,20,21). The third kappa shape index (κ3) is 4.31. The zero-order chi connectivity index (χ0) is 15.2. The number of carboxylic acid groups (broad SMARTS) is 1. The number of nitrogens with one attached hydrogen (secondary N) is 1. The monoisotopic (exact) mass is 293 g/mol. The number of amides is 1. The van der Waals surface area contributed by atoms with Gasteiger partial charge >= 0.3 is 5.97 Å². The predicted octanol–water partition coefficient (Wildman–Crippen LogP) is 2.37. The number of hydrogen-bond acceptors (Lipinski definition) is 3. The molecule has 6 heteroatoms. The van der Waals surface area contributed by atoms with Crippen LogP contribution in [0.5, 0.6) is 0 Å². The lowest BCUT2D eigenvalue weighted by Crippen LogP contribution is -2.39. The zero-order valence-corrected chi connectivity index (χ0v) is 12.4. The Bertz CT molecular complexity index is 490. The second-order valence-electron chi connectivity index (χ2n) is 5.74. The average Bonchev–Trinajstić information content (AvgIpc) is 2.90. The molecule has 1 amide bonds. The third-order valence-corrected chi connectivity index (χ3v) is 4.08. The molecule has 1 unspecified atom stereocenters. The maximum Gasteiger partial charge on any atom is 0.338 e. The number of rotatable bonds is 4. The molecule has 2 rings (SSSR count). The largest absolute Gasteiger partial charge is 0.478 e. The highest BCUT2D eigenvalue weighted by atomic mass is 16.4. The van der Waals surface area contributed by atoms with Gasteiger partial charge < -0.3 is 10.4 Å². The predicted molar refractivity (Wildman–Crippen MR) is 78.1 cm³/mol. The molecule has 1 aromatic rings. The molecule has 1 aliphatic carbocycles. The fraction of sp³-hybridized carbons (Fsp3) is 0.667. The van der Waals surface area contributed by atoms with Crippen LogP contribution < -0.4 is 5.32 Å². The van der Waals surface area contributed by atoms with Crippen LogP contribution in [-0.2, 0) is 4.79 Å². The van der Waals surface area contributed by atoms with Crippen molar-refractivity contribution in [3.05, 3.63) is 18.0 Å². The molecule has 0 saturated heterocycles. The minimum atomic E-state index is -1.03. The second-order valence-corrected chi connectivity index (χ2v) is 5.74. The van der Waals surface area contributed by atoms with Gasteiger partial charge in [0.05, 0.1) is 11.8 Å². The van der Waals surface area contributed by atoms with Gasteiger partial charge in [0.2, 0.25) is 5.91 Å². The Morgan fingerprint density at radius 3 is 2.48 bits per heavy atom. The summed E-state index contributed by atoms with van der Waals surface area (Å²) in [4.78, 5) is 23.1. The Labute approximate surface area is 124 Å². The first-order valence-corrected chi connectivity index (χ1v) is 7.65. The number of aromatic nitrogens is 2. The van der Waals surface area contributed by atoms with Crippen molar-refractivity contribution in [2.75, 3.05) is 0 Å². The van der Waals surface area contributed by atoms with Crippen LogP contribution in [0.3, 0.4) is 0 Å². The molecular weight excluding hydrogens is 270 g/mol. The highest BCUT2D eigenvalue weighted by molar-refractivity contribution is 5.87. The maximum absolute atomic E-state index is 12.3. The first-order chi connectivity index (χ1) is 10.1. The van der Waals surface area contributed by atoms with E-state index in [4.69, 9.17) is 5.11 Å². The lowest BCUT2D eigenvalue weighted by molar-refractivity contribution is -0.125. The summed E-state index contributed by atoms with van der Waals surface area (Å²) >= 11 is 0. The van der Waals surface area contributed by atoms with Gasteiger partial charge in [-0.15, -0.1) is 0 Å². The van der Waals surface area contributed by atoms with Crippen LogP contribution in [0.25, 0.3) is 0 Å². The molecule has 1 aromatic heterocycles. The minimum Gasteiger partial charge on any atom is -0.478 e. The summed E-state index contributed by atoms with van der Waals surface area (Å²) in [5.74, 6) is -1.13. The van der Waals surface area contributed by atoms with Crippen LogP contribution in [0.2, 0.25) is 0 Å². The van der Waals surface area contributed by atoms with Gasteiger partial charge in [-0.3, -0.25) is 9.48 Å². The first-order valence-electron chi connectivity index (χ1n) is 7.65. The van der Waals surface area contributed by atoms with Gasteiger partial charge in [-0.25, -0.2) is 4.79 Å². The number of nitrogens with zero attached hydrogens (tertiary/aromatic N) is 2. The van der Waals surface area contributed by atoms with Crippen molar-refractivity contribution in [3.63, 3.8) is 0 Å². The molecule has 0 aromatic carbocycles. The number of aromatic carboxylic acids is 1. The summed E-state index contributed by atoms with van der Waals surface area (Å²) in [5, 5.41) is 15.9.